The molecule has 1 heteroatoms. The molecular formula is C7H15N. The second-order valence-corrected chi connectivity index (χ2v) is 3.19. The zero-order valence-electron chi connectivity index (χ0n) is 5.72. The smallest absolute Gasteiger partial charge is 0.00441 e. The first kappa shape index (κ1) is 6.09. The lowest BCUT2D eigenvalue weighted by Crippen LogP contribution is -2.14. The molecule has 0 bridgehead atoms. The van der Waals surface area contributed by atoms with E-state index in [4.69, 9.17) is 5.73 Å². The summed E-state index contributed by atoms with van der Waals surface area (Å²) in [6.07, 6.45) is 2.47. The van der Waals surface area contributed by atoms with E-state index in [1.807, 2.05) is 0 Å². The Bertz CT molecular complexity index is 70.5. The number of rotatable bonds is 0. The molecule has 0 aromatic heterocycles. The summed E-state index contributed by atoms with van der Waals surface area (Å²) in [7, 11) is 0. The maximum absolute atomic E-state index is 5.72. The van der Waals surface area contributed by atoms with Crippen LogP contribution in [0.25, 0.3) is 0 Å². The van der Waals surface area contributed by atoms with Crippen LogP contribution in [0.5, 0.6) is 0 Å². The van der Waals surface area contributed by atoms with Gasteiger partial charge in [-0.3, -0.25) is 0 Å². The lowest BCUT2D eigenvalue weighted by molar-refractivity contribution is 0.457. The second-order valence-electron chi connectivity index (χ2n) is 3.19. The van der Waals surface area contributed by atoms with Gasteiger partial charge in [-0.2, -0.15) is 0 Å². The molecule has 0 radical (unpaired) electrons. The average Bonchev–Trinajstić information content (AvgIpc) is 1.85. The van der Waals surface area contributed by atoms with Crippen LogP contribution in [-0.4, -0.2) is 6.04 Å². The highest BCUT2D eigenvalue weighted by Crippen LogP contribution is 2.29. The molecule has 0 spiro atoms. The molecule has 0 amide bonds. The van der Waals surface area contributed by atoms with E-state index in [-0.39, 0.29) is 0 Å². The van der Waals surface area contributed by atoms with Crippen molar-refractivity contribution < 1.29 is 0 Å². The molecular weight excluding hydrogens is 98.1 g/mol. The molecule has 0 heterocycles. The maximum atomic E-state index is 5.72. The van der Waals surface area contributed by atoms with E-state index in [9.17, 15) is 0 Å². The van der Waals surface area contributed by atoms with E-state index in [0.717, 1.165) is 11.8 Å². The SMILES string of the molecule is CC1CC(N)CC1C. The van der Waals surface area contributed by atoms with Gasteiger partial charge in [0.25, 0.3) is 0 Å². The molecule has 2 unspecified atom stereocenters. The van der Waals surface area contributed by atoms with Crippen LogP contribution in [-0.2, 0) is 0 Å². The van der Waals surface area contributed by atoms with Gasteiger partial charge in [-0.15, -0.1) is 0 Å². The van der Waals surface area contributed by atoms with Crippen LogP contribution in [0.2, 0.25) is 0 Å². The minimum Gasteiger partial charge on any atom is -0.328 e. The normalized spacial score (nSPS) is 47.6. The van der Waals surface area contributed by atoms with E-state index < -0.39 is 0 Å². The van der Waals surface area contributed by atoms with Crippen LogP contribution in [0.1, 0.15) is 26.7 Å². The van der Waals surface area contributed by atoms with E-state index in [1.165, 1.54) is 12.8 Å². The second kappa shape index (κ2) is 2.06. The highest BCUT2D eigenvalue weighted by Gasteiger charge is 2.24. The standard InChI is InChI=1S/C7H15N/c1-5-3-7(8)4-6(5)2/h5-7H,3-4,8H2,1-2H3. The van der Waals surface area contributed by atoms with Crippen molar-refractivity contribution in [3.63, 3.8) is 0 Å². The first-order chi connectivity index (χ1) is 3.70. The van der Waals surface area contributed by atoms with Gasteiger partial charge in [0.2, 0.25) is 0 Å². The molecule has 0 aromatic rings. The first-order valence-electron chi connectivity index (χ1n) is 3.45. The Morgan fingerprint density at radius 3 is 1.62 bits per heavy atom. The Hall–Kier alpha value is -0.0400. The van der Waals surface area contributed by atoms with Crippen molar-refractivity contribution in [3.05, 3.63) is 0 Å². The zero-order chi connectivity index (χ0) is 6.15. The van der Waals surface area contributed by atoms with E-state index in [1.54, 1.807) is 0 Å². The molecule has 0 aliphatic heterocycles. The van der Waals surface area contributed by atoms with Crippen LogP contribution in [0, 0.1) is 11.8 Å². The third-order valence-corrected chi connectivity index (χ3v) is 2.32. The fourth-order valence-corrected chi connectivity index (χ4v) is 1.52. The van der Waals surface area contributed by atoms with Crippen LogP contribution in [0.15, 0.2) is 0 Å². The van der Waals surface area contributed by atoms with Crippen LogP contribution in [0.3, 0.4) is 0 Å². The summed E-state index contributed by atoms with van der Waals surface area (Å²) in [6.45, 7) is 4.58. The van der Waals surface area contributed by atoms with Gasteiger partial charge in [0, 0.05) is 6.04 Å². The monoisotopic (exact) mass is 113 g/mol. The largest absolute Gasteiger partial charge is 0.328 e. The highest BCUT2D eigenvalue weighted by molar-refractivity contribution is 4.79. The zero-order valence-corrected chi connectivity index (χ0v) is 5.72. The van der Waals surface area contributed by atoms with Crippen LogP contribution < -0.4 is 5.73 Å². The molecule has 2 N–H and O–H groups in total. The fraction of sp³-hybridized carbons (Fsp3) is 1.00. The van der Waals surface area contributed by atoms with Gasteiger partial charge in [0.15, 0.2) is 0 Å². The van der Waals surface area contributed by atoms with Gasteiger partial charge in [-0.1, -0.05) is 13.8 Å². The van der Waals surface area contributed by atoms with Crippen molar-refractivity contribution in [1.82, 2.24) is 0 Å². The molecule has 1 fully saturated rings. The van der Waals surface area contributed by atoms with Crippen LogP contribution >= 0.6 is 0 Å². The Morgan fingerprint density at radius 2 is 1.50 bits per heavy atom. The summed E-state index contributed by atoms with van der Waals surface area (Å²) < 4.78 is 0. The predicted molar refractivity (Wildman–Crippen MR) is 35.5 cm³/mol. The van der Waals surface area contributed by atoms with Gasteiger partial charge in [-0.25, -0.2) is 0 Å². The summed E-state index contributed by atoms with van der Waals surface area (Å²) in [5.41, 5.74) is 5.72. The third kappa shape index (κ3) is 1.03. The number of nitrogens with two attached hydrogens (primary N) is 1. The summed E-state index contributed by atoms with van der Waals surface area (Å²) in [4.78, 5) is 0. The van der Waals surface area contributed by atoms with Gasteiger partial charge in [0.05, 0.1) is 0 Å². The first-order valence-corrected chi connectivity index (χ1v) is 3.45. The molecule has 48 valence electrons. The molecule has 1 saturated carbocycles. The van der Waals surface area contributed by atoms with Crippen molar-refractivity contribution in [2.45, 2.75) is 32.7 Å². The molecule has 8 heavy (non-hydrogen) atoms. The van der Waals surface area contributed by atoms with Crippen molar-refractivity contribution >= 4 is 0 Å². The molecule has 1 nitrogen and oxygen atoms in total. The topological polar surface area (TPSA) is 26.0 Å². The Morgan fingerprint density at radius 1 is 1.12 bits per heavy atom. The Balaban J connectivity index is 2.39. The minimum absolute atomic E-state index is 0.500. The van der Waals surface area contributed by atoms with Gasteiger partial charge >= 0.3 is 0 Å². The lowest BCUT2D eigenvalue weighted by atomic mass is 10.0. The number of hydrogen-bond acceptors (Lipinski definition) is 1. The number of hydrogen-bond donors (Lipinski definition) is 1. The molecule has 2 atom stereocenters. The Labute approximate surface area is 51.3 Å². The molecule has 1 rings (SSSR count). The van der Waals surface area contributed by atoms with E-state index in [2.05, 4.69) is 13.8 Å². The summed E-state index contributed by atoms with van der Waals surface area (Å²) in [5, 5.41) is 0. The molecule has 1 aliphatic carbocycles. The minimum atomic E-state index is 0.500. The molecule has 0 saturated heterocycles. The summed E-state index contributed by atoms with van der Waals surface area (Å²) in [6, 6.07) is 0.500. The van der Waals surface area contributed by atoms with Gasteiger partial charge < -0.3 is 5.73 Å². The maximum Gasteiger partial charge on any atom is 0.00441 e. The average molecular weight is 113 g/mol. The molecule has 0 aromatic carbocycles. The fourth-order valence-electron chi connectivity index (χ4n) is 1.52. The summed E-state index contributed by atoms with van der Waals surface area (Å²) in [5.74, 6) is 1.73. The van der Waals surface area contributed by atoms with Crippen molar-refractivity contribution in [1.29, 1.82) is 0 Å². The van der Waals surface area contributed by atoms with Gasteiger partial charge in [0.1, 0.15) is 0 Å². The lowest BCUT2D eigenvalue weighted by Gasteiger charge is -2.04. The molecule has 1 aliphatic rings. The third-order valence-electron chi connectivity index (χ3n) is 2.32. The van der Waals surface area contributed by atoms with Crippen molar-refractivity contribution in [2.24, 2.45) is 17.6 Å². The van der Waals surface area contributed by atoms with E-state index in [0.29, 0.717) is 6.04 Å². The highest BCUT2D eigenvalue weighted by atomic mass is 14.7. The predicted octanol–water partition coefficient (Wildman–Crippen LogP) is 1.38. The van der Waals surface area contributed by atoms with Crippen molar-refractivity contribution in [2.75, 3.05) is 0 Å². The summed E-state index contributed by atoms with van der Waals surface area (Å²) >= 11 is 0. The van der Waals surface area contributed by atoms with Crippen molar-refractivity contribution in [3.8, 4) is 0 Å². The van der Waals surface area contributed by atoms with Crippen LogP contribution in [0.4, 0.5) is 0 Å². The van der Waals surface area contributed by atoms with Gasteiger partial charge in [-0.05, 0) is 24.7 Å². The quantitative estimate of drug-likeness (QED) is 0.504. The van der Waals surface area contributed by atoms with E-state index >= 15 is 0 Å². The Kier molecular flexibility index (Phi) is 1.57.